The van der Waals surface area contributed by atoms with E-state index in [0.717, 1.165) is 16.7 Å². The molecule has 3 N–H and O–H groups in total. The van der Waals surface area contributed by atoms with Crippen molar-refractivity contribution >= 4 is 11.9 Å². The quantitative estimate of drug-likeness (QED) is 0.723. The van der Waals surface area contributed by atoms with Gasteiger partial charge in [0, 0.05) is 12.4 Å². The fourth-order valence-corrected chi connectivity index (χ4v) is 2.52. The third-order valence-electron chi connectivity index (χ3n) is 4.04. The topological polar surface area (TPSA) is 112 Å². The number of aromatic nitrogens is 5. The molecule has 1 unspecified atom stereocenters. The first-order valence-corrected chi connectivity index (χ1v) is 7.82. The van der Waals surface area contributed by atoms with Crippen LogP contribution in [-0.4, -0.2) is 31.1 Å². The van der Waals surface area contributed by atoms with Crippen LogP contribution in [0.1, 0.15) is 28.3 Å². The number of pyridine rings is 1. The fraction of sp³-hybridized carbons (Fsp3) is 0.235. The molecule has 0 bridgehead atoms. The molecule has 1 aromatic carbocycles. The van der Waals surface area contributed by atoms with Crippen molar-refractivity contribution in [2.24, 2.45) is 0 Å². The minimum atomic E-state index is -0.321. The average molecular weight is 337 g/mol. The third kappa shape index (κ3) is 3.79. The van der Waals surface area contributed by atoms with Crippen LogP contribution in [0.25, 0.3) is 0 Å². The van der Waals surface area contributed by atoms with E-state index in [1.807, 2.05) is 31.2 Å². The van der Waals surface area contributed by atoms with E-state index in [1.165, 1.54) is 10.2 Å². The first-order chi connectivity index (χ1) is 12.0. The van der Waals surface area contributed by atoms with E-state index in [0.29, 0.717) is 0 Å². The first kappa shape index (κ1) is 16.6. The third-order valence-corrected chi connectivity index (χ3v) is 4.04. The maximum absolute atomic E-state index is 12.5. The Hall–Kier alpha value is -3.29. The van der Waals surface area contributed by atoms with E-state index < -0.39 is 0 Å². The molecule has 1 atom stereocenters. The molecule has 0 saturated carbocycles. The summed E-state index contributed by atoms with van der Waals surface area (Å²) in [5.74, 6) is -0.148. The van der Waals surface area contributed by atoms with Gasteiger partial charge in [-0.15, -0.1) is 0 Å². The molecule has 2 aromatic heterocycles. The number of carbonyl (C=O) groups is 1. The molecule has 0 aliphatic carbocycles. The number of rotatable bonds is 5. The Morgan fingerprint density at radius 1 is 1.24 bits per heavy atom. The zero-order valence-electron chi connectivity index (χ0n) is 14.0. The highest BCUT2D eigenvalue weighted by Gasteiger charge is 2.19. The van der Waals surface area contributed by atoms with Gasteiger partial charge in [0.05, 0.1) is 6.04 Å². The number of benzene rings is 1. The van der Waals surface area contributed by atoms with E-state index in [1.54, 1.807) is 12.4 Å². The van der Waals surface area contributed by atoms with Crippen LogP contribution in [0, 0.1) is 13.8 Å². The molecule has 0 radical (unpaired) electrons. The number of carbonyl (C=O) groups excluding carboxylic acids is 1. The van der Waals surface area contributed by atoms with Gasteiger partial charge in [0.25, 0.3) is 0 Å². The molecule has 0 aliphatic heterocycles. The van der Waals surface area contributed by atoms with Crippen molar-refractivity contribution in [2.75, 3.05) is 5.73 Å². The summed E-state index contributed by atoms with van der Waals surface area (Å²) >= 11 is 0. The Balaban J connectivity index is 1.87. The number of nitrogens with one attached hydrogen (secondary N) is 1. The number of anilines is 1. The predicted molar refractivity (Wildman–Crippen MR) is 92.4 cm³/mol. The highest BCUT2D eigenvalue weighted by molar-refractivity contribution is 5.77. The lowest BCUT2D eigenvalue weighted by atomic mass is 9.96. The van der Waals surface area contributed by atoms with Crippen LogP contribution in [0.2, 0.25) is 0 Å². The minimum absolute atomic E-state index is 0.0551. The van der Waals surface area contributed by atoms with Crippen molar-refractivity contribution in [3.63, 3.8) is 0 Å². The van der Waals surface area contributed by atoms with Gasteiger partial charge >= 0.3 is 0 Å². The zero-order valence-corrected chi connectivity index (χ0v) is 14.0. The van der Waals surface area contributed by atoms with E-state index in [-0.39, 0.29) is 24.4 Å². The van der Waals surface area contributed by atoms with Gasteiger partial charge in [0.2, 0.25) is 11.9 Å². The largest absolute Gasteiger partial charge is 0.367 e. The van der Waals surface area contributed by atoms with E-state index in [2.05, 4.69) is 38.8 Å². The summed E-state index contributed by atoms with van der Waals surface area (Å²) in [6.45, 7) is 4.04. The Morgan fingerprint density at radius 3 is 2.72 bits per heavy atom. The summed E-state index contributed by atoms with van der Waals surface area (Å²) in [7, 11) is 0. The highest BCUT2D eigenvalue weighted by Crippen LogP contribution is 2.23. The summed E-state index contributed by atoms with van der Waals surface area (Å²) in [6, 6.07) is 9.57. The molecule has 25 heavy (non-hydrogen) atoms. The number of nitrogens with two attached hydrogens (primary N) is 1. The molecule has 128 valence electrons. The molecular weight excluding hydrogens is 318 g/mol. The van der Waals surface area contributed by atoms with Crippen molar-refractivity contribution < 1.29 is 4.79 Å². The van der Waals surface area contributed by atoms with Gasteiger partial charge in [-0.2, -0.15) is 0 Å². The molecule has 8 heteroatoms. The van der Waals surface area contributed by atoms with Gasteiger partial charge in [-0.1, -0.05) is 29.4 Å². The van der Waals surface area contributed by atoms with Crippen molar-refractivity contribution in [3.05, 3.63) is 65.0 Å². The standard InChI is InChI=1S/C17H19N7O/c1-11-5-6-13(8-12(11)2)16(14-4-3-7-19-9-14)20-15(25)10-24-17(18)21-22-23-24/h3-9,16H,10H2,1-2H3,(H,20,25)(H2,18,21,23). The fourth-order valence-electron chi connectivity index (χ4n) is 2.52. The Labute approximate surface area is 145 Å². The summed E-state index contributed by atoms with van der Waals surface area (Å²) in [4.78, 5) is 16.6. The number of aryl methyl sites for hydroxylation is 2. The minimum Gasteiger partial charge on any atom is -0.367 e. The number of nitrogens with zero attached hydrogens (tertiary/aromatic N) is 5. The smallest absolute Gasteiger partial charge is 0.242 e. The molecule has 1 amide bonds. The van der Waals surface area contributed by atoms with Crippen molar-refractivity contribution in [2.45, 2.75) is 26.4 Å². The highest BCUT2D eigenvalue weighted by atomic mass is 16.2. The first-order valence-electron chi connectivity index (χ1n) is 7.82. The molecular formula is C17H19N7O. The van der Waals surface area contributed by atoms with E-state index in [4.69, 9.17) is 5.73 Å². The van der Waals surface area contributed by atoms with Crippen molar-refractivity contribution in [1.82, 2.24) is 30.5 Å². The Bertz CT molecular complexity index is 876. The Morgan fingerprint density at radius 2 is 2.08 bits per heavy atom. The summed E-state index contributed by atoms with van der Waals surface area (Å²) in [5, 5.41) is 13.7. The normalized spacial score (nSPS) is 11.9. The van der Waals surface area contributed by atoms with Gasteiger partial charge in [0.15, 0.2) is 0 Å². The van der Waals surface area contributed by atoms with Crippen LogP contribution < -0.4 is 11.1 Å². The summed E-state index contributed by atoms with van der Waals surface area (Å²) in [6.07, 6.45) is 3.44. The van der Waals surface area contributed by atoms with Gasteiger partial charge in [-0.05, 0) is 52.6 Å². The molecule has 0 fully saturated rings. The molecule has 3 aromatic rings. The van der Waals surface area contributed by atoms with Crippen molar-refractivity contribution in [3.8, 4) is 0 Å². The summed E-state index contributed by atoms with van der Waals surface area (Å²) < 4.78 is 1.25. The van der Waals surface area contributed by atoms with Crippen LogP contribution in [0.5, 0.6) is 0 Å². The lowest BCUT2D eigenvalue weighted by Crippen LogP contribution is -2.33. The van der Waals surface area contributed by atoms with Crippen LogP contribution in [0.4, 0.5) is 5.95 Å². The monoisotopic (exact) mass is 337 g/mol. The maximum atomic E-state index is 12.5. The lowest BCUT2D eigenvalue weighted by Gasteiger charge is -2.20. The van der Waals surface area contributed by atoms with Crippen LogP contribution >= 0.6 is 0 Å². The maximum Gasteiger partial charge on any atom is 0.242 e. The molecule has 3 rings (SSSR count). The number of hydrogen-bond donors (Lipinski definition) is 2. The molecule has 0 aliphatic rings. The van der Waals surface area contributed by atoms with Crippen LogP contribution in [-0.2, 0) is 11.3 Å². The van der Waals surface area contributed by atoms with Crippen LogP contribution in [0.3, 0.4) is 0 Å². The van der Waals surface area contributed by atoms with Gasteiger partial charge < -0.3 is 11.1 Å². The molecule has 2 heterocycles. The zero-order chi connectivity index (χ0) is 17.8. The summed E-state index contributed by atoms with van der Waals surface area (Å²) in [5.41, 5.74) is 9.84. The van der Waals surface area contributed by atoms with E-state index >= 15 is 0 Å². The van der Waals surface area contributed by atoms with Gasteiger partial charge in [-0.25, -0.2) is 4.68 Å². The van der Waals surface area contributed by atoms with Gasteiger partial charge in [0.1, 0.15) is 6.54 Å². The SMILES string of the molecule is Cc1ccc(C(NC(=O)Cn2nnnc2N)c2cccnc2)cc1C. The lowest BCUT2D eigenvalue weighted by molar-refractivity contribution is -0.122. The molecule has 8 nitrogen and oxygen atoms in total. The number of nitrogen functional groups attached to an aromatic ring is 1. The van der Waals surface area contributed by atoms with Gasteiger partial charge in [-0.3, -0.25) is 9.78 Å². The Kier molecular flexibility index (Phi) is 4.69. The predicted octanol–water partition coefficient (Wildman–Crippen LogP) is 1.17. The number of amides is 1. The average Bonchev–Trinajstić information content (AvgIpc) is 3.01. The molecule has 0 saturated heterocycles. The van der Waals surface area contributed by atoms with Crippen molar-refractivity contribution in [1.29, 1.82) is 0 Å². The van der Waals surface area contributed by atoms with Crippen LogP contribution in [0.15, 0.2) is 42.7 Å². The number of hydrogen-bond acceptors (Lipinski definition) is 6. The second-order valence-corrected chi connectivity index (χ2v) is 5.83. The molecule has 0 spiro atoms. The second-order valence-electron chi connectivity index (χ2n) is 5.83. The second kappa shape index (κ2) is 7.08. The van der Waals surface area contributed by atoms with E-state index in [9.17, 15) is 4.79 Å². The number of tetrazole rings is 1.